The molecule has 2 aromatic carbocycles. The van der Waals surface area contributed by atoms with Crippen molar-refractivity contribution in [1.29, 1.82) is 0 Å². The smallest absolute Gasteiger partial charge is 0.330 e. The van der Waals surface area contributed by atoms with Crippen LogP contribution >= 0.6 is 11.8 Å². The number of fused-ring (bicyclic) bond motifs is 1. The number of rotatable bonds is 15. The number of esters is 1. The Kier molecular flexibility index (Phi) is 11.3. The molecular formula is C29H39N3O3S. The zero-order valence-corrected chi connectivity index (χ0v) is 22.6. The van der Waals surface area contributed by atoms with Gasteiger partial charge in [0.2, 0.25) is 0 Å². The van der Waals surface area contributed by atoms with E-state index in [0.29, 0.717) is 12.3 Å². The van der Waals surface area contributed by atoms with Gasteiger partial charge < -0.3 is 9.84 Å². The molecule has 0 amide bonds. The topological polar surface area (TPSA) is 77.2 Å². The van der Waals surface area contributed by atoms with E-state index in [0.717, 1.165) is 85.7 Å². The van der Waals surface area contributed by atoms with Gasteiger partial charge in [-0.15, -0.1) is 26.8 Å². The summed E-state index contributed by atoms with van der Waals surface area (Å²) in [4.78, 5) is 14.3. The van der Waals surface area contributed by atoms with Crippen molar-refractivity contribution in [3.8, 4) is 11.4 Å². The highest BCUT2D eigenvalue weighted by Gasteiger charge is 2.14. The van der Waals surface area contributed by atoms with Crippen molar-refractivity contribution in [2.45, 2.75) is 83.5 Å². The van der Waals surface area contributed by atoms with Gasteiger partial charge in [-0.3, -0.25) is 0 Å². The average molecular weight is 510 g/mol. The first-order valence-corrected chi connectivity index (χ1v) is 14.2. The second-order valence-corrected chi connectivity index (χ2v) is 10.3. The van der Waals surface area contributed by atoms with Gasteiger partial charge in [-0.05, 0) is 80.2 Å². The van der Waals surface area contributed by atoms with Crippen molar-refractivity contribution in [2.75, 3.05) is 12.4 Å². The lowest BCUT2D eigenvalue weighted by atomic mass is 10.0. The molecule has 36 heavy (non-hydrogen) atoms. The number of carbonyl (C=O) groups is 1. The molecule has 0 saturated carbocycles. The fraction of sp³-hybridized carbons (Fsp3) is 0.483. The highest BCUT2D eigenvalue weighted by Crippen LogP contribution is 2.30. The van der Waals surface area contributed by atoms with Crippen LogP contribution in [0.4, 0.5) is 0 Å². The molecule has 0 bridgehead atoms. The minimum absolute atomic E-state index is 0.235. The number of benzene rings is 2. The highest BCUT2D eigenvalue weighted by molar-refractivity contribution is 7.99. The molecule has 0 aliphatic rings. The van der Waals surface area contributed by atoms with Gasteiger partial charge in [-0.25, -0.2) is 4.79 Å². The summed E-state index contributed by atoms with van der Waals surface area (Å²) >= 11 is 1.82. The predicted molar refractivity (Wildman–Crippen MR) is 148 cm³/mol. The van der Waals surface area contributed by atoms with Gasteiger partial charge in [0.1, 0.15) is 22.5 Å². The molecule has 0 spiro atoms. The van der Waals surface area contributed by atoms with Crippen molar-refractivity contribution in [3.63, 3.8) is 0 Å². The van der Waals surface area contributed by atoms with E-state index in [2.05, 4.69) is 36.2 Å². The van der Waals surface area contributed by atoms with Crippen LogP contribution in [0.3, 0.4) is 0 Å². The Hall–Kier alpha value is -2.80. The van der Waals surface area contributed by atoms with Crippen molar-refractivity contribution in [1.82, 2.24) is 15.0 Å². The number of nitrogens with zero attached hydrogens (tertiary/aromatic N) is 3. The second-order valence-electron chi connectivity index (χ2n) is 9.16. The number of unbranched alkanes of at least 4 members (excludes halogenated alkanes) is 5. The third-order valence-electron chi connectivity index (χ3n) is 5.94. The van der Waals surface area contributed by atoms with Crippen molar-refractivity contribution in [3.05, 3.63) is 53.6 Å². The monoisotopic (exact) mass is 509 g/mol. The molecule has 0 saturated heterocycles. The molecule has 1 heterocycles. The lowest BCUT2D eigenvalue weighted by molar-refractivity contribution is -0.137. The van der Waals surface area contributed by atoms with E-state index >= 15 is 0 Å². The van der Waals surface area contributed by atoms with Gasteiger partial charge in [0.15, 0.2) is 0 Å². The first-order chi connectivity index (χ1) is 17.5. The van der Waals surface area contributed by atoms with Crippen LogP contribution < -0.4 is 0 Å². The number of hydrogen-bond acceptors (Lipinski definition) is 6. The van der Waals surface area contributed by atoms with E-state index < -0.39 is 0 Å². The fourth-order valence-electron chi connectivity index (χ4n) is 3.95. The first kappa shape index (κ1) is 27.8. The third kappa shape index (κ3) is 8.40. The molecular weight excluding hydrogens is 470 g/mol. The van der Waals surface area contributed by atoms with Crippen LogP contribution in [0.15, 0.2) is 47.4 Å². The number of ether oxygens (including phenoxy) is 1. The van der Waals surface area contributed by atoms with Crippen molar-refractivity contribution >= 4 is 28.8 Å². The first-order valence-electron chi connectivity index (χ1n) is 13.2. The molecule has 0 aliphatic heterocycles. The van der Waals surface area contributed by atoms with Crippen LogP contribution in [0.5, 0.6) is 5.75 Å². The van der Waals surface area contributed by atoms with E-state index in [9.17, 15) is 9.90 Å². The van der Waals surface area contributed by atoms with Crippen LogP contribution in [0.2, 0.25) is 0 Å². The molecule has 3 aromatic rings. The summed E-state index contributed by atoms with van der Waals surface area (Å²) in [5.41, 5.74) is 4.31. The number of aromatic hydroxyl groups is 1. The van der Waals surface area contributed by atoms with E-state index in [-0.39, 0.29) is 11.7 Å². The Bertz CT molecular complexity index is 1160. The zero-order valence-electron chi connectivity index (χ0n) is 21.8. The molecule has 6 nitrogen and oxygen atoms in total. The quantitative estimate of drug-likeness (QED) is 0.100. The van der Waals surface area contributed by atoms with Gasteiger partial charge in [-0.1, -0.05) is 51.7 Å². The maximum atomic E-state index is 11.5. The SMILES string of the molecule is CCC/C=C/C(=O)OCCCCCCSc1ccc2nn(-c3cc(C)cc(CCCC)c3O)nc2c1. The Morgan fingerprint density at radius 3 is 2.64 bits per heavy atom. The molecule has 0 atom stereocenters. The molecule has 0 radical (unpaired) electrons. The Labute approximate surface area is 219 Å². The lowest BCUT2D eigenvalue weighted by Crippen LogP contribution is -2.02. The number of aryl methyl sites for hydroxylation is 2. The molecule has 3 rings (SSSR count). The summed E-state index contributed by atoms with van der Waals surface area (Å²) in [7, 11) is 0. The summed E-state index contributed by atoms with van der Waals surface area (Å²) in [5, 5.41) is 20.1. The van der Waals surface area contributed by atoms with Crippen LogP contribution in [0, 0.1) is 6.92 Å². The molecule has 0 aliphatic carbocycles. The summed E-state index contributed by atoms with van der Waals surface area (Å²) in [6, 6.07) is 10.1. The van der Waals surface area contributed by atoms with E-state index in [1.54, 1.807) is 4.80 Å². The maximum absolute atomic E-state index is 11.5. The Balaban J connectivity index is 1.47. The van der Waals surface area contributed by atoms with E-state index in [1.807, 2.05) is 43.0 Å². The number of phenolic OH excluding ortho intramolecular Hbond substituents is 1. The van der Waals surface area contributed by atoms with Gasteiger partial charge in [0.05, 0.1) is 6.61 Å². The maximum Gasteiger partial charge on any atom is 0.330 e. The fourth-order valence-corrected chi connectivity index (χ4v) is 4.89. The van der Waals surface area contributed by atoms with E-state index in [4.69, 9.17) is 4.74 Å². The number of thioether (sulfide) groups is 1. The third-order valence-corrected chi connectivity index (χ3v) is 7.02. The average Bonchev–Trinajstić information content (AvgIpc) is 3.29. The van der Waals surface area contributed by atoms with Gasteiger partial charge in [0.25, 0.3) is 0 Å². The summed E-state index contributed by atoms with van der Waals surface area (Å²) in [5.74, 6) is 1.06. The largest absolute Gasteiger partial charge is 0.505 e. The minimum Gasteiger partial charge on any atom is -0.505 e. The lowest BCUT2D eigenvalue weighted by Gasteiger charge is -2.10. The number of hydrogen-bond donors (Lipinski definition) is 1. The standard InChI is InChI=1S/C29H39N3O3S/c1-4-6-10-14-28(33)35-17-11-8-9-12-18-36-24-15-16-25-26(21-24)31-32(30-25)27-20-22(3)19-23(29(27)34)13-7-5-2/h10,14-16,19-21,34H,4-9,11-13,17-18H2,1-3H3/b14-10+. The number of phenols is 1. The number of allylic oxidation sites excluding steroid dienone is 1. The Morgan fingerprint density at radius 1 is 1.03 bits per heavy atom. The zero-order chi connectivity index (χ0) is 25.8. The van der Waals surface area contributed by atoms with Gasteiger partial charge in [-0.2, -0.15) is 0 Å². The summed E-state index contributed by atoms with van der Waals surface area (Å²) in [6.45, 7) is 6.76. The normalized spacial score (nSPS) is 11.5. The van der Waals surface area contributed by atoms with Crippen molar-refractivity contribution in [2.24, 2.45) is 0 Å². The Morgan fingerprint density at radius 2 is 1.83 bits per heavy atom. The van der Waals surface area contributed by atoms with Gasteiger partial charge >= 0.3 is 5.97 Å². The number of carbonyl (C=O) groups excluding carboxylic acids is 1. The van der Waals surface area contributed by atoms with Crippen LogP contribution in [-0.4, -0.2) is 38.4 Å². The van der Waals surface area contributed by atoms with Crippen LogP contribution in [0.1, 0.15) is 76.3 Å². The molecule has 7 heteroatoms. The predicted octanol–water partition coefficient (Wildman–Crippen LogP) is 7.33. The van der Waals surface area contributed by atoms with E-state index in [1.165, 1.54) is 11.0 Å². The van der Waals surface area contributed by atoms with Gasteiger partial charge in [0, 0.05) is 11.0 Å². The highest BCUT2D eigenvalue weighted by atomic mass is 32.2. The molecule has 0 unspecified atom stereocenters. The minimum atomic E-state index is -0.235. The molecule has 194 valence electrons. The van der Waals surface area contributed by atoms with Crippen LogP contribution in [-0.2, 0) is 16.0 Å². The summed E-state index contributed by atoms with van der Waals surface area (Å²) in [6.07, 6.45) is 12.5. The molecule has 1 aromatic heterocycles. The van der Waals surface area contributed by atoms with Crippen LogP contribution in [0.25, 0.3) is 16.7 Å². The summed E-state index contributed by atoms with van der Waals surface area (Å²) < 4.78 is 5.22. The van der Waals surface area contributed by atoms with Crippen molar-refractivity contribution < 1.29 is 14.6 Å². The number of aromatic nitrogens is 3. The second kappa shape index (κ2) is 14.7. The molecule has 1 N–H and O–H groups in total. The molecule has 0 fully saturated rings.